The number of ether oxygens (including phenoxy) is 1. The zero-order chi connectivity index (χ0) is 23.1. The molecule has 34 heavy (non-hydrogen) atoms. The third kappa shape index (κ3) is 3.96. The van der Waals surface area contributed by atoms with Gasteiger partial charge in [-0.25, -0.2) is 4.98 Å². The van der Waals surface area contributed by atoms with Gasteiger partial charge in [0.05, 0.1) is 25.3 Å². The maximum Gasteiger partial charge on any atom is 0.202 e. The van der Waals surface area contributed by atoms with Crippen LogP contribution in [-0.2, 0) is 17.7 Å². The van der Waals surface area contributed by atoms with E-state index in [-0.39, 0.29) is 0 Å². The van der Waals surface area contributed by atoms with E-state index in [4.69, 9.17) is 9.72 Å². The number of piperazine rings is 1. The van der Waals surface area contributed by atoms with E-state index in [1.165, 1.54) is 0 Å². The highest BCUT2D eigenvalue weighted by atomic mass is 16.5. The van der Waals surface area contributed by atoms with E-state index in [2.05, 4.69) is 55.3 Å². The van der Waals surface area contributed by atoms with Gasteiger partial charge in [-0.3, -0.25) is 20.0 Å². The van der Waals surface area contributed by atoms with Gasteiger partial charge in [0, 0.05) is 37.6 Å². The molecular weight excluding hydrogens is 430 g/mol. The minimum atomic E-state index is 0.292. The molecule has 3 N–H and O–H groups in total. The van der Waals surface area contributed by atoms with Crippen molar-refractivity contribution < 1.29 is 9.84 Å². The average molecular weight is 460 g/mol. The number of aromatic nitrogens is 5. The molecule has 2 fully saturated rings. The van der Waals surface area contributed by atoms with Crippen LogP contribution in [0.2, 0.25) is 0 Å². The SMILES string of the molecule is CCc1cc(O)ccc1-c1ccc2c(-c3n[nH]c(CN4CCN5CCOC[C@@H]5C4)n3)n[nH]c2c1. The van der Waals surface area contributed by atoms with Crippen molar-refractivity contribution in [3.8, 4) is 28.4 Å². The number of phenolic OH excluding ortho intramolecular Hbond substituents is 1. The maximum absolute atomic E-state index is 9.83. The van der Waals surface area contributed by atoms with E-state index < -0.39 is 0 Å². The number of phenols is 1. The molecule has 0 amide bonds. The Morgan fingerprint density at radius 2 is 2.03 bits per heavy atom. The van der Waals surface area contributed by atoms with Crippen molar-refractivity contribution in [3.05, 3.63) is 47.8 Å². The van der Waals surface area contributed by atoms with Gasteiger partial charge >= 0.3 is 0 Å². The Kier molecular flexibility index (Phi) is 5.52. The zero-order valence-corrected chi connectivity index (χ0v) is 19.3. The number of H-pyrrole nitrogens is 2. The van der Waals surface area contributed by atoms with E-state index >= 15 is 0 Å². The number of aromatic amines is 2. The first-order valence-corrected chi connectivity index (χ1v) is 11.9. The van der Waals surface area contributed by atoms with Gasteiger partial charge < -0.3 is 9.84 Å². The number of hydrogen-bond donors (Lipinski definition) is 3. The summed E-state index contributed by atoms with van der Waals surface area (Å²) in [5.41, 5.74) is 4.99. The van der Waals surface area contributed by atoms with E-state index in [9.17, 15) is 5.11 Å². The van der Waals surface area contributed by atoms with Crippen molar-refractivity contribution in [2.24, 2.45) is 0 Å². The van der Waals surface area contributed by atoms with E-state index in [1.54, 1.807) is 6.07 Å². The molecule has 2 aromatic carbocycles. The molecule has 0 aliphatic carbocycles. The summed E-state index contributed by atoms with van der Waals surface area (Å²) in [6.07, 6.45) is 0.846. The lowest BCUT2D eigenvalue weighted by atomic mass is 9.97. The first kappa shape index (κ1) is 21.3. The minimum Gasteiger partial charge on any atom is -0.508 e. The van der Waals surface area contributed by atoms with Crippen LogP contribution in [0.25, 0.3) is 33.5 Å². The lowest BCUT2D eigenvalue weighted by Crippen LogP contribution is -2.57. The summed E-state index contributed by atoms with van der Waals surface area (Å²) in [6, 6.07) is 12.2. The molecule has 2 aliphatic heterocycles. The minimum absolute atomic E-state index is 0.292. The molecule has 0 radical (unpaired) electrons. The summed E-state index contributed by atoms with van der Waals surface area (Å²) in [7, 11) is 0. The highest BCUT2D eigenvalue weighted by Crippen LogP contribution is 2.32. The lowest BCUT2D eigenvalue weighted by molar-refractivity contribution is -0.0465. The van der Waals surface area contributed by atoms with E-state index in [1.807, 2.05) is 12.1 Å². The van der Waals surface area contributed by atoms with Crippen LogP contribution in [0.3, 0.4) is 0 Å². The zero-order valence-electron chi connectivity index (χ0n) is 19.3. The Bertz CT molecular complexity index is 1310. The fourth-order valence-corrected chi connectivity index (χ4v) is 5.15. The lowest BCUT2D eigenvalue weighted by Gasteiger charge is -2.43. The van der Waals surface area contributed by atoms with E-state index in [0.29, 0.717) is 17.6 Å². The smallest absolute Gasteiger partial charge is 0.202 e. The van der Waals surface area contributed by atoms with Crippen molar-refractivity contribution in [3.63, 3.8) is 0 Å². The topological polar surface area (TPSA) is 106 Å². The summed E-state index contributed by atoms with van der Waals surface area (Å²) >= 11 is 0. The molecule has 2 aliphatic rings. The predicted molar refractivity (Wildman–Crippen MR) is 129 cm³/mol. The van der Waals surface area contributed by atoms with Crippen LogP contribution in [0.1, 0.15) is 18.3 Å². The molecule has 0 bridgehead atoms. The second-order valence-corrected chi connectivity index (χ2v) is 9.13. The summed E-state index contributed by atoms with van der Waals surface area (Å²) < 4.78 is 5.66. The largest absolute Gasteiger partial charge is 0.508 e. The Hall–Kier alpha value is -3.27. The molecule has 2 saturated heterocycles. The first-order chi connectivity index (χ1) is 16.7. The van der Waals surface area contributed by atoms with Crippen LogP contribution in [0.4, 0.5) is 0 Å². The van der Waals surface area contributed by atoms with Crippen LogP contribution in [-0.4, -0.2) is 85.7 Å². The number of fused-ring (bicyclic) bond motifs is 2. The van der Waals surface area contributed by atoms with Gasteiger partial charge in [0.15, 0.2) is 0 Å². The number of rotatable bonds is 5. The molecule has 9 heteroatoms. The van der Waals surface area contributed by atoms with Gasteiger partial charge in [-0.1, -0.05) is 19.1 Å². The second-order valence-electron chi connectivity index (χ2n) is 9.13. The predicted octanol–water partition coefficient (Wildman–Crippen LogP) is 2.80. The summed E-state index contributed by atoms with van der Waals surface area (Å²) in [4.78, 5) is 9.70. The molecule has 9 nitrogen and oxygen atoms in total. The summed E-state index contributed by atoms with van der Waals surface area (Å²) in [5.74, 6) is 1.75. The Labute approximate surface area is 197 Å². The number of benzene rings is 2. The van der Waals surface area contributed by atoms with Gasteiger partial charge in [-0.15, -0.1) is 0 Å². The van der Waals surface area contributed by atoms with E-state index in [0.717, 1.165) is 91.5 Å². The molecule has 0 spiro atoms. The average Bonchev–Trinajstić information content (AvgIpc) is 3.50. The van der Waals surface area contributed by atoms with Crippen molar-refractivity contribution in [1.82, 2.24) is 35.2 Å². The molecule has 0 unspecified atom stereocenters. The second kappa shape index (κ2) is 8.83. The number of nitrogens with zero attached hydrogens (tertiary/aromatic N) is 5. The van der Waals surface area contributed by atoms with Gasteiger partial charge in [-0.05, 0) is 47.4 Å². The molecule has 6 rings (SSSR count). The molecule has 2 aromatic heterocycles. The van der Waals surface area contributed by atoms with Crippen LogP contribution in [0.15, 0.2) is 36.4 Å². The number of aryl methyl sites for hydroxylation is 1. The van der Waals surface area contributed by atoms with Gasteiger partial charge in [0.1, 0.15) is 17.3 Å². The number of morpholine rings is 1. The highest BCUT2D eigenvalue weighted by Gasteiger charge is 2.30. The number of hydrogen-bond acceptors (Lipinski definition) is 7. The quantitative estimate of drug-likeness (QED) is 0.421. The molecular formula is C25H29N7O2. The molecule has 0 saturated carbocycles. The van der Waals surface area contributed by atoms with Gasteiger partial charge in [0.25, 0.3) is 0 Å². The standard InChI is InChI=1S/C25H29N7O2/c1-2-16-11-19(33)4-6-20(16)17-3-5-21-22(12-17)27-29-24(21)25-26-23(28-30-25)14-31-7-8-32-9-10-34-15-18(32)13-31/h3-6,11-12,18,33H,2,7-10,13-15H2,1H3,(H,27,29)(H,26,28,30)/t18-/m0/s1. The monoisotopic (exact) mass is 459 g/mol. The molecule has 176 valence electrons. The first-order valence-electron chi connectivity index (χ1n) is 11.9. The van der Waals surface area contributed by atoms with Crippen LogP contribution in [0, 0.1) is 0 Å². The van der Waals surface area contributed by atoms with Crippen molar-refractivity contribution in [2.45, 2.75) is 25.9 Å². The van der Waals surface area contributed by atoms with Crippen molar-refractivity contribution >= 4 is 10.9 Å². The summed E-state index contributed by atoms with van der Waals surface area (Å²) in [5, 5.41) is 26.1. The summed E-state index contributed by atoms with van der Waals surface area (Å²) in [6.45, 7) is 8.60. The third-order valence-electron chi connectivity index (χ3n) is 6.98. The fourth-order valence-electron chi connectivity index (χ4n) is 5.15. The number of nitrogens with one attached hydrogen (secondary N) is 2. The van der Waals surface area contributed by atoms with Crippen molar-refractivity contribution in [1.29, 1.82) is 0 Å². The maximum atomic E-state index is 9.83. The molecule has 1 atom stereocenters. The van der Waals surface area contributed by atoms with Gasteiger partial charge in [-0.2, -0.15) is 10.2 Å². The Morgan fingerprint density at radius 1 is 1.09 bits per heavy atom. The molecule has 4 heterocycles. The third-order valence-corrected chi connectivity index (χ3v) is 6.98. The normalized spacial score (nSPS) is 19.5. The van der Waals surface area contributed by atoms with Crippen LogP contribution < -0.4 is 0 Å². The molecule has 4 aromatic rings. The Morgan fingerprint density at radius 3 is 2.94 bits per heavy atom. The van der Waals surface area contributed by atoms with Crippen molar-refractivity contribution in [2.75, 3.05) is 39.4 Å². The van der Waals surface area contributed by atoms with Gasteiger partial charge in [0.2, 0.25) is 5.82 Å². The van der Waals surface area contributed by atoms with Crippen LogP contribution >= 0.6 is 0 Å². The number of aromatic hydroxyl groups is 1. The van der Waals surface area contributed by atoms with Crippen LogP contribution in [0.5, 0.6) is 5.75 Å². The highest BCUT2D eigenvalue weighted by molar-refractivity contribution is 5.94. The fraction of sp³-hybridized carbons (Fsp3) is 0.400. The Balaban J connectivity index is 1.21.